The van der Waals surface area contributed by atoms with Crippen molar-refractivity contribution in [1.82, 2.24) is 20.2 Å². The maximum absolute atomic E-state index is 10.7. The second kappa shape index (κ2) is 3.23. The predicted octanol–water partition coefficient (Wildman–Crippen LogP) is -0.176. The third-order valence-corrected chi connectivity index (χ3v) is 1.29. The first-order valence-corrected chi connectivity index (χ1v) is 3.48. The monoisotopic (exact) mass is 154 g/mol. The van der Waals surface area contributed by atoms with E-state index in [-0.39, 0.29) is 12.3 Å². The van der Waals surface area contributed by atoms with Crippen molar-refractivity contribution >= 4 is 5.78 Å². The number of hydrogen-bond donors (Lipinski definition) is 0. The molecule has 0 aliphatic rings. The number of rotatable bonds is 3. The second-order valence-electron chi connectivity index (χ2n) is 2.31. The van der Waals surface area contributed by atoms with E-state index in [1.807, 2.05) is 6.92 Å². The first kappa shape index (κ1) is 7.84. The van der Waals surface area contributed by atoms with Crippen molar-refractivity contribution in [2.75, 3.05) is 0 Å². The Balaban J connectivity index is 2.76. The van der Waals surface area contributed by atoms with Crippen molar-refractivity contribution < 1.29 is 4.79 Å². The zero-order chi connectivity index (χ0) is 8.27. The van der Waals surface area contributed by atoms with Gasteiger partial charge in [-0.05, 0) is 17.4 Å². The third-order valence-electron chi connectivity index (χ3n) is 1.29. The number of ketones is 1. The van der Waals surface area contributed by atoms with Crippen molar-refractivity contribution in [3.8, 4) is 0 Å². The summed E-state index contributed by atoms with van der Waals surface area (Å²) in [7, 11) is 0. The van der Waals surface area contributed by atoms with Crippen LogP contribution in [0.5, 0.6) is 0 Å². The molecule has 0 spiro atoms. The quantitative estimate of drug-likeness (QED) is 0.606. The lowest BCUT2D eigenvalue weighted by Gasteiger charge is -1.96. The third kappa shape index (κ3) is 1.83. The highest BCUT2D eigenvalue weighted by Crippen LogP contribution is 1.92. The highest BCUT2D eigenvalue weighted by molar-refractivity contribution is 5.75. The zero-order valence-corrected chi connectivity index (χ0v) is 6.61. The zero-order valence-electron chi connectivity index (χ0n) is 6.61. The number of tetrazole rings is 1. The molecule has 1 aromatic heterocycles. The fourth-order valence-corrected chi connectivity index (χ4v) is 0.810. The Morgan fingerprint density at radius 3 is 2.91 bits per heavy atom. The summed E-state index contributed by atoms with van der Waals surface area (Å²) in [6.45, 7) is 3.74. The Labute approximate surface area is 64.4 Å². The van der Waals surface area contributed by atoms with E-state index in [2.05, 4.69) is 15.5 Å². The molecule has 5 heteroatoms. The van der Waals surface area contributed by atoms with Gasteiger partial charge in [-0.25, -0.2) is 4.68 Å². The highest BCUT2D eigenvalue weighted by Gasteiger charge is 2.04. The van der Waals surface area contributed by atoms with E-state index in [1.54, 1.807) is 0 Å². The van der Waals surface area contributed by atoms with Gasteiger partial charge in [0.1, 0.15) is 6.54 Å². The number of aryl methyl sites for hydroxylation is 1. The van der Waals surface area contributed by atoms with Crippen LogP contribution < -0.4 is 0 Å². The van der Waals surface area contributed by atoms with Crippen LogP contribution in [0.1, 0.15) is 19.7 Å². The van der Waals surface area contributed by atoms with Gasteiger partial charge in [0.15, 0.2) is 11.6 Å². The molecule has 0 unspecified atom stereocenters. The molecule has 60 valence electrons. The van der Waals surface area contributed by atoms with Crippen LogP contribution in [0.25, 0.3) is 0 Å². The average Bonchev–Trinajstić information content (AvgIpc) is 2.34. The molecule has 1 aromatic rings. The number of nitrogens with zero attached hydrogens (tertiary/aromatic N) is 4. The van der Waals surface area contributed by atoms with Gasteiger partial charge in [0.25, 0.3) is 0 Å². The Kier molecular flexibility index (Phi) is 2.30. The van der Waals surface area contributed by atoms with E-state index < -0.39 is 0 Å². The van der Waals surface area contributed by atoms with Crippen LogP contribution in [-0.2, 0) is 17.8 Å². The van der Waals surface area contributed by atoms with Crippen LogP contribution in [0.3, 0.4) is 0 Å². The Morgan fingerprint density at radius 1 is 1.64 bits per heavy atom. The van der Waals surface area contributed by atoms with E-state index in [9.17, 15) is 4.79 Å². The van der Waals surface area contributed by atoms with Crippen LogP contribution in [0, 0.1) is 0 Å². The van der Waals surface area contributed by atoms with Crippen LogP contribution in [0.2, 0.25) is 0 Å². The molecule has 0 aliphatic carbocycles. The number of carbonyl (C=O) groups excluding carboxylic acids is 1. The molecule has 5 nitrogen and oxygen atoms in total. The summed E-state index contributed by atoms with van der Waals surface area (Å²) in [5, 5.41) is 10.9. The molecule has 0 amide bonds. The van der Waals surface area contributed by atoms with Crippen LogP contribution in [-0.4, -0.2) is 26.0 Å². The molecule has 0 atom stereocenters. The molecule has 0 fully saturated rings. The van der Waals surface area contributed by atoms with Crippen molar-refractivity contribution in [3.05, 3.63) is 5.82 Å². The van der Waals surface area contributed by atoms with E-state index >= 15 is 0 Å². The maximum atomic E-state index is 10.7. The lowest BCUT2D eigenvalue weighted by Crippen LogP contribution is -2.11. The molecule has 11 heavy (non-hydrogen) atoms. The fourth-order valence-electron chi connectivity index (χ4n) is 0.810. The summed E-state index contributed by atoms with van der Waals surface area (Å²) >= 11 is 0. The van der Waals surface area contributed by atoms with E-state index in [0.717, 1.165) is 12.2 Å². The van der Waals surface area contributed by atoms with Gasteiger partial charge in [0.2, 0.25) is 0 Å². The van der Waals surface area contributed by atoms with E-state index in [4.69, 9.17) is 0 Å². The fraction of sp³-hybridized carbons (Fsp3) is 0.667. The average molecular weight is 154 g/mol. The molecule has 0 aromatic carbocycles. The lowest BCUT2D eigenvalue weighted by atomic mass is 10.4. The molecule has 0 saturated carbocycles. The van der Waals surface area contributed by atoms with Crippen LogP contribution in [0.4, 0.5) is 0 Å². The number of carbonyl (C=O) groups is 1. The van der Waals surface area contributed by atoms with Gasteiger partial charge in [0.05, 0.1) is 0 Å². The lowest BCUT2D eigenvalue weighted by molar-refractivity contribution is -0.117. The smallest absolute Gasteiger partial charge is 0.151 e. The normalized spacial score (nSPS) is 10.0. The Morgan fingerprint density at radius 2 is 2.36 bits per heavy atom. The molecule has 0 saturated heterocycles. The highest BCUT2D eigenvalue weighted by atomic mass is 16.1. The van der Waals surface area contributed by atoms with Gasteiger partial charge in [0, 0.05) is 6.42 Å². The largest absolute Gasteiger partial charge is 0.298 e. The minimum atomic E-state index is 0.0620. The van der Waals surface area contributed by atoms with Crippen molar-refractivity contribution in [2.24, 2.45) is 0 Å². The number of aromatic nitrogens is 4. The number of hydrogen-bond acceptors (Lipinski definition) is 4. The molecular formula is C6H10N4O. The summed E-state index contributed by atoms with van der Waals surface area (Å²) in [5.41, 5.74) is 0. The van der Waals surface area contributed by atoms with Gasteiger partial charge in [-0.15, -0.1) is 5.10 Å². The summed E-state index contributed by atoms with van der Waals surface area (Å²) in [5.74, 6) is 0.812. The molecule has 0 aliphatic heterocycles. The van der Waals surface area contributed by atoms with Crippen LogP contribution >= 0.6 is 0 Å². The van der Waals surface area contributed by atoms with Gasteiger partial charge in [-0.2, -0.15) is 0 Å². The Hall–Kier alpha value is -1.26. The topological polar surface area (TPSA) is 60.7 Å². The molecule has 0 N–H and O–H groups in total. The second-order valence-corrected chi connectivity index (χ2v) is 2.31. The Bertz CT molecular complexity index is 255. The summed E-state index contributed by atoms with van der Waals surface area (Å²) in [6, 6.07) is 0. The van der Waals surface area contributed by atoms with Crippen molar-refractivity contribution in [2.45, 2.75) is 26.8 Å². The first-order valence-electron chi connectivity index (χ1n) is 3.48. The van der Waals surface area contributed by atoms with Gasteiger partial charge < -0.3 is 0 Å². The maximum Gasteiger partial charge on any atom is 0.151 e. The van der Waals surface area contributed by atoms with Gasteiger partial charge >= 0.3 is 0 Å². The van der Waals surface area contributed by atoms with Crippen LogP contribution in [0.15, 0.2) is 0 Å². The standard InChI is InChI=1S/C6H10N4O/c1-3-6-7-8-9-10(6)4-5(2)11/h3-4H2,1-2H3. The predicted molar refractivity (Wildman–Crippen MR) is 37.9 cm³/mol. The molecule has 0 radical (unpaired) electrons. The van der Waals surface area contributed by atoms with E-state index in [1.165, 1.54) is 11.6 Å². The van der Waals surface area contributed by atoms with Gasteiger partial charge in [-0.1, -0.05) is 6.92 Å². The van der Waals surface area contributed by atoms with Gasteiger partial charge in [-0.3, -0.25) is 4.79 Å². The summed E-state index contributed by atoms with van der Waals surface area (Å²) in [6.07, 6.45) is 0.750. The molecular weight excluding hydrogens is 144 g/mol. The number of Topliss-reactive ketones (excluding diaryl/α,β-unsaturated/α-hetero) is 1. The van der Waals surface area contributed by atoms with Crippen molar-refractivity contribution in [1.29, 1.82) is 0 Å². The summed E-state index contributed by atoms with van der Waals surface area (Å²) in [4.78, 5) is 10.7. The first-order chi connectivity index (χ1) is 5.24. The summed E-state index contributed by atoms with van der Waals surface area (Å²) < 4.78 is 1.52. The SMILES string of the molecule is CCc1nnnn1CC(C)=O. The minimum Gasteiger partial charge on any atom is -0.298 e. The molecule has 1 heterocycles. The van der Waals surface area contributed by atoms with Crippen molar-refractivity contribution in [3.63, 3.8) is 0 Å². The molecule has 0 bridgehead atoms. The minimum absolute atomic E-state index is 0.0620. The molecule has 1 rings (SSSR count). The van der Waals surface area contributed by atoms with E-state index in [0.29, 0.717) is 0 Å².